The average molecular weight is 283 g/mol. The summed E-state index contributed by atoms with van der Waals surface area (Å²) in [7, 11) is -3.28. The number of hydrogen-bond donors (Lipinski definition) is 1. The molecule has 1 aromatic carbocycles. The van der Waals surface area contributed by atoms with Gasteiger partial charge in [0.1, 0.15) is 5.75 Å². The first kappa shape index (κ1) is 13.9. The van der Waals surface area contributed by atoms with Crippen LogP contribution in [-0.2, 0) is 9.84 Å². The summed E-state index contributed by atoms with van der Waals surface area (Å²) < 4.78 is 29.4. The predicted molar refractivity (Wildman–Crippen MR) is 70.7 cm³/mol. The molecule has 0 atom stereocenters. The van der Waals surface area contributed by atoms with Crippen molar-refractivity contribution in [1.82, 2.24) is 0 Å². The van der Waals surface area contributed by atoms with E-state index in [-0.39, 0.29) is 15.9 Å². The molecule has 5 nitrogen and oxygen atoms in total. The van der Waals surface area contributed by atoms with Crippen LogP contribution in [0, 0.1) is 0 Å². The standard InChI is InChI=1S/C13H17NO4S/c14-13(15)18-10-6-8-12(9-7-10)19(16,17)11-4-2-1-3-5-11/h6-9,11H,1-5H2,(H2,14,15). The zero-order valence-electron chi connectivity index (χ0n) is 10.5. The van der Waals surface area contributed by atoms with Crippen molar-refractivity contribution in [2.45, 2.75) is 42.2 Å². The van der Waals surface area contributed by atoms with E-state index in [4.69, 9.17) is 5.73 Å². The van der Waals surface area contributed by atoms with Crippen LogP contribution in [0.5, 0.6) is 5.75 Å². The Morgan fingerprint density at radius 1 is 1.11 bits per heavy atom. The van der Waals surface area contributed by atoms with Crippen LogP contribution >= 0.6 is 0 Å². The molecule has 1 aromatic rings. The Labute approximate surface area is 112 Å². The smallest absolute Gasteiger partial charge is 0.409 e. The Morgan fingerprint density at radius 2 is 1.68 bits per heavy atom. The van der Waals surface area contributed by atoms with E-state index < -0.39 is 15.9 Å². The third-order valence-corrected chi connectivity index (χ3v) is 5.64. The van der Waals surface area contributed by atoms with E-state index >= 15 is 0 Å². The zero-order valence-corrected chi connectivity index (χ0v) is 11.4. The molecule has 0 aromatic heterocycles. The molecule has 0 heterocycles. The van der Waals surface area contributed by atoms with E-state index in [2.05, 4.69) is 4.74 Å². The second-order valence-electron chi connectivity index (χ2n) is 4.70. The minimum Gasteiger partial charge on any atom is -0.411 e. The summed E-state index contributed by atoms with van der Waals surface area (Å²) in [5.74, 6) is 0.245. The lowest BCUT2D eigenvalue weighted by Crippen LogP contribution is -2.24. The van der Waals surface area contributed by atoms with Crippen LogP contribution in [0.15, 0.2) is 29.2 Å². The molecule has 0 spiro atoms. The lowest BCUT2D eigenvalue weighted by atomic mass is 10.0. The predicted octanol–water partition coefficient (Wildman–Crippen LogP) is 2.25. The highest BCUT2D eigenvalue weighted by Gasteiger charge is 2.28. The number of hydrogen-bond acceptors (Lipinski definition) is 4. The summed E-state index contributed by atoms with van der Waals surface area (Å²) in [6.45, 7) is 0. The maximum atomic E-state index is 12.4. The van der Waals surface area contributed by atoms with Gasteiger partial charge in [0.25, 0.3) is 0 Å². The lowest BCUT2D eigenvalue weighted by molar-refractivity contribution is 0.211. The normalized spacial score (nSPS) is 17.1. The number of carbonyl (C=O) groups excluding carboxylic acids is 1. The maximum Gasteiger partial charge on any atom is 0.409 e. The maximum absolute atomic E-state index is 12.4. The highest BCUT2D eigenvalue weighted by atomic mass is 32.2. The first-order valence-corrected chi connectivity index (χ1v) is 7.86. The second-order valence-corrected chi connectivity index (χ2v) is 6.93. The van der Waals surface area contributed by atoms with Crippen LogP contribution in [0.4, 0.5) is 4.79 Å². The largest absolute Gasteiger partial charge is 0.411 e. The van der Waals surface area contributed by atoms with Gasteiger partial charge in [-0.05, 0) is 37.1 Å². The first-order valence-electron chi connectivity index (χ1n) is 6.31. The molecule has 1 aliphatic carbocycles. The van der Waals surface area contributed by atoms with E-state index in [1.54, 1.807) is 0 Å². The van der Waals surface area contributed by atoms with Crippen LogP contribution in [-0.4, -0.2) is 19.8 Å². The van der Waals surface area contributed by atoms with Crippen LogP contribution < -0.4 is 10.5 Å². The van der Waals surface area contributed by atoms with E-state index in [0.29, 0.717) is 0 Å². The average Bonchev–Trinajstić information content (AvgIpc) is 2.40. The molecule has 2 rings (SSSR count). The minimum atomic E-state index is -3.28. The summed E-state index contributed by atoms with van der Waals surface area (Å²) in [5, 5.41) is -0.288. The van der Waals surface area contributed by atoms with Gasteiger partial charge in [-0.1, -0.05) is 19.3 Å². The van der Waals surface area contributed by atoms with Crippen molar-refractivity contribution >= 4 is 15.9 Å². The fraction of sp³-hybridized carbons (Fsp3) is 0.462. The van der Waals surface area contributed by atoms with Crippen molar-refractivity contribution in [3.63, 3.8) is 0 Å². The number of benzene rings is 1. The molecule has 0 saturated heterocycles. The van der Waals surface area contributed by atoms with Crippen molar-refractivity contribution in [2.24, 2.45) is 5.73 Å². The molecule has 6 heteroatoms. The summed E-state index contributed by atoms with van der Waals surface area (Å²) in [6.07, 6.45) is 3.57. The van der Waals surface area contributed by atoms with Gasteiger partial charge in [-0.3, -0.25) is 0 Å². The van der Waals surface area contributed by atoms with Gasteiger partial charge in [-0.2, -0.15) is 0 Å². The molecule has 0 radical (unpaired) electrons. The van der Waals surface area contributed by atoms with Gasteiger partial charge in [0.2, 0.25) is 0 Å². The van der Waals surface area contributed by atoms with E-state index in [1.807, 2.05) is 0 Å². The zero-order chi connectivity index (χ0) is 13.9. The highest BCUT2D eigenvalue weighted by Crippen LogP contribution is 2.29. The lowest BCUT2D eigenvalue weighted by Gasteiger charge is -2.21. The quantitative estimate of drug-likeness (QED) is 0.921. The topological polar surface area (TPSA) is 86.5 Å². The number of carbonyl (C=O) groups is 1. The molecule has 1 saturated carbocycles. The van der Waals surface area contributed by atoms with Gasteiger partial charge in [-0.25, -0.2) is 13.2 Å². The Hall–Kier alpha value is -1.56. The third-order valence-electron chi connectivity index (χ3n) is 3.36. The second kappa shape index (κ2) is 5.61. The Balaban J connectivity index is 2.18. The van der Waals surface area contributed by atoms with Crippen molar-refractivity contribution in [3.05, 3.63) is 24.3 Å². The summed E-state index contributed by atoms with van der Waals surface area (Å²) >= 11 is 0. The fourth-order valence-electron chi connectivity index (χ4n) is 2.38. The van der Waals surface area contributed by atoms with Crippen LogP contribution in [0.2, 0.25) is 0 Å². The summed E-state index contributed by atoms with van der Waals surface area (Å²) in [4.78, 5) is 10.9. The Morgan fingerprint density at radius 3 is 2.21 bits per heavy atom. The monoisotopic (exact) mass is 283 g/mol. The van der Waals surface area contributed by atoms with Gasteiger partial charge in [0.15, 0.2) is 9.84 Å². The van der Waals surface area contributed by atoms with Crippen molar-refractivity contribution in [1.29, 1.82) is 0 Å². The minimum absolute atomic E-state index is 0.245. The number of primary amides is 1. The molecular weight excluding hydrogens is 266 g/mol. The molecule has 0 unspecified atom stereocenters. The molecule has 1 fully saturated rings. The van der Waals surface area contributed by atoms with Crippen molar-refractivity contribution in [3.8, 4) is 5.75 Å². The Kier molecular flexibility index (Phi) is 4.09. The number of ether oxygens (including phenoxy) is 1. The SMILES string of the molecule is NC(=O)Oc1ccc(S(=O)(=O)C2CCCCC2)cc1. The molecule has 0 aliphatic heterocycles. The summed E-state index contributed by atoms with van der Waals surface area (Å²) in [5.41, 5.74) is 4.89. The van der Waals surface area contributed by atoms with Crippen molar-refractivity contribution in [2.75, 3.05) is 0 Å². The molecule has 104 valence electrons. The molecular formula is C13H17NO4S. The van der Waals surface area contributed by atoms with E-state index in [1.165, 1.54) is 24.3 Å². The number of sulfone groups is 1. The van der Waals surface area contributed by atoms with Gasteiger partial charge >= 0.3 is 6.09 Å². The first-order chi connectivity index (χ1) is 9.00. The van der Waals surface area contributed by atoms with E-state index in [0.717, 1.165) is 32.1 Å². The fourth-order valence-corrected chi connectivity index (χ4v) is 4.24. The Bertz CT molecular complexity index is 545. The molecule has 1 amide bonds. The number of rotatable bonds is 3. The van der Waals surface area contributed by atoms with Gasteiger partial charge in [-0.15, -0.1) is 0 Å². The van der Waals surface area contributed by atoms with Gasteiger partial charge in [0.05, 0.1) is 10.1 Å². The van der Waals surface area contributed by atoms with Crippen molar-refractivity contribution < 1.29 is 17.9 Å². The number of amides is 1. The van der Waals surface area contributed by atoms with Crippen LogP contribution in [0.3, 0.4) is 0 Å². The van der Waals surface area contributed by atoms with Crippen LogP contribution in [0.25, 0.3) is 0 Å². The molecule has 2 N–H and O–H groups in total. The molecule has 1 aliphatic rings. The summed E-state index contributed by atoms with van der Waals surface area (Å²) in [6, 6.07) is 5.81. The van der Waals surface area contributed by atoms with Crippen LogP contribution in [0.1, 0.15) is 32.1 Å². The van der Waals surface area contributed by atoms with Gasteiger partial charge < -0.3 is 10.5 Å². The highest BCUT2D eigenvalue weighted by molar-refractivity contribution is 7.92. The number of nitrogens with two attached hydrogens (primary N) is 1. The molecule has 19 heavy (non-hydrogen) atoms. The van der Waals surface area contributed by atoms with Gasteiger partial charge in [0, 0.05) is 0 Å². The molecule has 0 bridgehead atoms. The van der Waals surface area contributed by atoms with E-state index in [9.17, 15) is 13.2 Å². The third kappa shape index (κ3) is 3.26.